The molecule has 1 N–H and O–H groups in total. The van der Waals surface area contributed by atoms with E-state index in [4.69, 9.17) is 4.74 Å². The summed E-state index contributed by atoms with van der Waals surface area (Å²) in [4.78, 5) is 34.0. The molecule has 0 aliphatic heterocycles. The first kappa shape index (κ1) is 19.6. The Labute approximate surface area is 151 Å². The Morgan fingerprint density at radius 1 is 1.38 bits per heavy atom. The second-order valence-corrected chi connectivity index (χ2v) is 6.30. The van der Waals surface area contributed by atoms with Gasteiger partial charge in [-0.1, -0.05) is 11.6 Å². The van der Waals surface area contributed by atoms with Crippen LogP contribution in [0.25, 0.3) is 0 Å². The Hall–Kier alpha value is -2.71. The molecule has 0 saturated heterocycles. The van der Waals surface area contributed by atoms with E-state index in [2.05, 4.69) is 16.5 Å². The van der Waals surface area contributed by atoms with Crippen LogP contribution in [-0.2, 0) is 20.9 Å². The van der Waals surface area contributed by atoms with E-state index in [1.165, 1.54) is 36.9 Å². The van der Waals surface area contributed by atoms with Gasteiger partial charge in [0.25, 0.3) is 5.91 Å². The Bertz CT molecular complexity index is 723. The number of esters is 1. The average molecular weight is 364 g/mol. The number of nitro groups is 1. The molecule has 1 aliphatic carbocycles. The molecule has 1 aromatic heterocycles. The summed E-state index contributed by atoms with van der Waals surface area (Å²) in [6.07, 6.45) is 7.65. The lowest BCUT2D eigenvalue weighted by molar-refractivity contribution is -0.386. The fourth-order valence-electron chi connectivity index (χ4n) is 2.96. The predicted molar refractivity (Wildman–Crippen MR) is 93.5 cm³/mol. The zero-order valence-electron chi connectivity index (χ0n) is 15.1. The third-order valence-corrected chi connectivity index (χ3v) is 4.32. The minimum atomic E-state index is -0.671. The van der Waals surface area contributed by atoms with Gasteiger partial charge in [-0.25, -0.2) is 0 Å². The van der Waals surface area contributed by atoms with Crippen molar-refractivity contribution >= 4 is 17.6 Å². The highest BCUT2D eigenvalue weighted by atomic mass is 16.6. The third kappa shape index (κ3) is 5.40. The number of aryl methyl sites for hydroxylation is 1. The van der Waals surface area contributed by atoms with Crippen molar-refractivity contribution in [2.45, 2.75) is 52.5 Å². The van der Waals surface area contributed by atoms with Crippen molar-refractivity contribution in [3.05, 3.63) is 33.2 Å². The monoisotopic (exact) mass is 364 g/mol. The van der Waals surface area contributed by atoms with Crippen LogP contribution in [0.2, 0.25) is 0 Å². The highest BCUT2D eigenvalue weighted by molar-refractivity contribution is 5.80. The summed E-state index contributed by atoms with van der Waals surface area (Å²) < 4.78 is 6.13. The van der Waals surface area contributed by atoms with Crippen LogP contribution in [0.15, 0.2) is 11.6 Å². The van der Waals surface area contributed by atoms with Crippen LogP contribution in [0, 0.1) is 24.0 Å². The third-order valence-electron chi connectivity index (χ3n) is 4.32. The van der Waals surface area contributed by atoms with Crippen LogP contribution < -0.4 is 5.32 Å². The Morgan fingerprint density at radius 3 is 2.77 bits per heavy atom. The summed E-state index contributed by atoms with van der Waals surface area (Å²) in [7, 11) is 0. The molecule has 1 heterocycles. The highest BCUT2D eigenvalue weighted by Gasteiger charge is 2.23. The molecule has 1 aromatic rings. The minimum Gasteiger partial charge on any atom is -0.454 e. The van der Waals surface area contributed by atoms with Crippen LogP contribution in [0.4, 0.5) is 5.69 Å². The molecule has 9 nitrogen and oxygen atoms in total. The summed E-state index contributed by atoms with van der Waals surface area (Å²) in [6.45, 7) is 2.88. The molecule has 0 fully saturated rings. The van der Waals surface area contributed by atoms with Crippen LogP contribution in [0.1, 0.15) is 43.5 Å². The first-order chi connectivity index (χ1) is 12.4. The maximum Gasteiger partial charge on any atom is 0.328 e. The smallest absolute Gasteiger partial charge is 0.328 e. The van der Waals surface area contributed by atoms with E-state index in [1.807, 2.05) is 0 Å². The molecule has 2 rings (SSSR count). The number of aromatic nitrogens is 2. The first-order valence-electron chi connectivity index (χ1n) is 8.67. The van der Waals surface area contributed by atoms with Crippen molar-refractivity contribution < 1.29 is 19.2 Å². The SMILES string of the molecule is Cc1nn(CC(=O)OCC(=O)NCCC2=CCCCC2)c(C)c1[N+](=O)[O-]. The van der Waals surface area contributed by atoms with Gasteiger partial charge in [0.2, 0.25) is 0 Å². The lowest BCUT2D eigenvalue weighted by Gasteiger charge is -2.13. The van der Waals surface area contributed by atoms with Crippen LogP contribution in [0.3, 0.4) is 0 Å². The molecular formula is C17H24N4O5. The van der Waals surface area contributed by atoms with E-state index < -0.39 is 10.9 Å². The molecule has 1 aliphatic rings. The number of rotatable bonds is 8. The highest BCUT2D eigenvalue weighted by Crippen LogP contribution is 2.21. The standard InChI is InChI=1S/C17H24N4O5/c1-12-17(21(24)25)13(2)20(19-12)10-16(23)26-11-15(22)18-9-8-14-6-4-3-5-7-14/h6H,3-5,7-11H2,1-2H3,(H,18,22). The fraction of sp³-hybridized carbons (Fsp3) is 0.588. The number of amides is 1. The second-order valence-electron chi connectivity index (χ2n) is 6.30. The van der Waals surface area contributed by atoms with Crippen molar-refractivity contribution in [3.8, 4) is 0 Å². The van der Waals surface area contributed by atoms with Crippen LogP contribution in [0.5, 0.6) is 0 Å². The predicted octanol–water partition coefficient (Wildman–Crippen LogP) is 1.96. The van der Waals surface area contributed by atoms with Gasteiger partial charge in [0.05, 0.1) is 4.92 Å². The number of hydrogen-bond acceptors (Lipinski definition) is 6. The van der Waals surface area contributed by atoms with Crippen molar-refractivity contribution in [2.75, 3.05) is 13.2 Å². The van der Waals surface area contributed by atoms with E-state index in [1.54, 1.807) is 0 Å². The van der Waals surface area contributed by atoms with Gasteiger partial charge in [0.1, 0.15) is 17.9 Å². The molecule has 0 spiro atoms. The van der Waals surface area contributed by atoms with Crippen molar-refractivity contribution in [1.82, 2.24) is 15.1 Å². The maximum atomic E-state index is 11.8. The largest absolute Gasteiger partial charge is 0.454 e. The summed E-state index contributed by atoms with van der Waals surface area (Å²) >= 11 is 0. The summed E-state index contributed by atoms with van der Waals surface area (Å²) in [5.74, 6) is -1.04. The molecule has 0 saturated carbocycles. The first-order valence-corrected chi connectivity index (χ1v) is 8.67. The van der Waals surface area contributed by atoms with E-state index >= 15 is 0 Å². The summed E-state index contributed by atoms with van der Waals surface area (Å²) in [5, 5.41) is 17.6. The van der Waals surface area contributed by atoms with E-state index in [-0.39, 0.29) is 36.1 Å². The molecule has 0 unspecified atom stereocenters. The molecule has 1 amide bonds. The van der Waals surface area contributed by atoms with Crippen molar-refractivity contribution in [3.63, 3.8) is 0 Å². The van der Waals surface area contributed by atoms with Gasteiger partial charge in [0, 0.05) is 6.54 Å². The van der Waals surface area contributed by atoms with E-state index in [0.29, 0.717) is 6.54 Å². The van der Waals surface area contributed by atoms with Gasteiger partial charge in [-0.3, -0.25) is 24.4 Å². The lowest BCUT2D eigenvalue weighted by atomic mass is 9.97. The molecule has 0 radical (unpaired) electrons. The minimum absolute atomic E-state index is 0.118. The molecular weight excluding hydrogens is 340 g/mol. The number of carbonyl (C=O) groups excluding carboxylic acids is 2. The van der Waals surface area contributed by atoms with E-state index in [9.17, 15) is 19.7 Å². The molecule has 142 valence electrons. The molecule has 0 atom stereocenters. The quantitative estimate of drug-likeness (QED) is 0.326. The zero-order chi connectivity index (χ0) is 19.1. The average Bonchev–Trinajstić information content (AvgIpc) is 2.87. The number of allylic oxidation sites excluding steroid dienone is 1. The van der Waals surface area contributed by atoms with Gasteiger partial charge in [-0.05, 0) is 46.0 Å². The number of nitrogens with zero attached hydrogens (tertiary/aromatic N) is 3. The summed E-state index contributed by atoms with van der Waals surface area (Å²) in [6, 6.07) is 0. The van der Waals surface area contributed by atoms with Crippen LogP contribution in [-0.4, -0.2) is 39.7 Å². The second kappa shape index (κ2) is 9.12. The molecule has 0 bridgehead atoms. The number of nitrogens with one attached hydrogen (secondary N) is 1. The van der Waals surface area contributed by atoms with Gasteiger partial charge in [-0.2, -0.15) is 5.10 Å². The van der Waals surface area contributed by atoms with Gasteiger partial charge in [-0.15, -0.1) is 0 Å². The van der Waals surface area contributed by atoms with Crippen molar-refractivity contribution in [2.24, 2.45) is 0 Å². The Morgan fingerprint density at radius 2 is 2.15 bits per heavy atom. The fourth-order valence-corrected chi connectivity index (χ4v) is 2.96. The lowest BCUT2D eigenvalue weighted by Crippen LogP contribution is -2.30. The Kier molecular flexibility index (Phi) is 6.88. The number of ether oxygens (including phenoxy) is 1. The molecule has 26 heavy (non-hydrogen) atoms. The van der Waals surface area contributed by atoms with Crippen LogP contribution >= 0.6 is 0 Å². The molecule has 9 heteroatoms. The van der Waals surface area contributed by atoms with Gasteiger partial charge < -0.3 is 10.1 Å². The number of hydrogen-bond donors (Lipinski definition) is 1. The maximum absolute atomic E-state index is 11.8. The normalized spacial score (nSPS) is 13.8. The number of carbonyl (C=O) groups is 2. The van der Waals surface area contributed by atoms with Gasteiger partial charge in [0.15, 0.2) is 6.61 Å². The van der Waals surface area contributed by atoms with Crippen molar-refractivity contribution in [1.29, 1.82) is 0 Å². The van der Waals surface area contributed by atoms with Gasteiger partial charge >= 0.3 is 11.7 Å². The topological polar surface area (TPSA) is 116 Å². The van der Waals surface area contributed by atoms with E-state index in [0.717, 1.165) is 19.3 Å². The summed E-state index contributed by atoms with van der Waals surface area (Å²) in [5.41, 5.74) is 1.75. The Balaban J connectivity index is 1.73. The zero-order valence-corrected chi connectivity index (χ0v) is 15.1. The molecule has 0 aromatic carbocycles.